The molecular formula is C27H35ClN2O3. The van der Waals surface area contributed by atoms with Crippen molar-refractivity contribution in [2.24, 2.45) is 0 Å². The van der Waals surface area contributed by atoms with Crippen LogP contribution in [0.25, 0.3) is 23.1 Å². The van der Waals surface area contributed by atoms with E-state index in [9.17, 15) is 0 Å². The number of ether oxygens (including phenoxy) is 2. The number of anilines is 1. The molecule has 1 aliphatic heterocycles. The molecule has 0 N–H and O–H groups in total. The quantitative estimate of drug-likeness (QED) is 0.379. The van der Waals surface area contributed by atoms with E-state index in [-0.39, 0.29) is 12.4 Å². The van der Waals surface area contributed by atoms with Gasteiger partial charge in [0.2, 0.25) is 0 Å². The van der Waals surface area contributed by atoms with Crippen LogP contribution in [0.4, 0.5) is 5.69 Å². The lowest BCUT2D eigenvalue weighted by atomic mass is 10.1. The Balaban J connectivity index is 0.00000306. The zero-order valence-electron chi connectivity index (χ0n) is 20.0. The number of fused-ring (bicyclic) bond motifs is 1. The van der Waals surface area contributed by atoms with E-state index in [2.05, 4.69) is 66.1 Å². The van der Waals surface area contributed by atoms with E-state index < -0.39 is 0 Å². The summed E-state index contributed by atoms with van der Waals surface area (Å²) in [5, 5.41) is 1.08. The smallest absolute Gasteiger partial charge is 0.138 e. The maximum absolute atomic E-state index is 6.02. The summed E-state index contributed by atoms with van der Waals surface area (Å²) in [6, 6.07) is 16.6. The lowest BCUT2D eigenvalue weighted by Crippen LogP contribution is -2.45. The molecule has 178 valence electrons. The highest BCUT2D eigenvalue weighted by Crippen LogP contribution is 2.26. The number of halogens is 1. The van der Waals surface area contributed by atoms with Crippen LogP contribution in [-0.2, 0) is 4.74 Å². The second-order valence-electron chi connectivity index (χ2n) is 8.89. The van der Waals surface area contributed by atoms with Gasteiger partial charge in [-0.3, -0.25) is 4.90 Å². The highest BCUT2D eigenvalue weighted by atomic mass is 35.5. The van der Waals surface area contributed by atoms with Crippen molar-refractivity contribution in [2.75, 3.05) is 45.2 Å². The molecular weight excluding hydrogens is 436 g/mol. The molecule has 0 aliphatic carbocycles. The van der Waals surface area contributed by atoms with Gasteiger partial charge in [0.25, 0.3) is 0 Å². The Morgan fingerprint density at radius 3 is 2.42 bits per heavy atom. The van der Waals surface area contributed by atoms with Crippen LogP contribution in [-0.4, -0.2) is 57.4 Å². The predicted molar refractivity (Wildman–Crippen MR) is 140 cm³/mol. The molecule has 0 bridgehead atoms. The van der Waals surface area contributed by atoms with Gasteiger partial charge in [-0.05, 0) is 62.2 Å². The van der Waals surface area contributed by atoms with Crippen molar-refractivity contribution in [3.05, 3.63) is 59.9 Å². The SMILES string of the molecule is C[C@@H]1CN(CCCOc2ccc3cc(C=Cc4ccc(N(C)C)cc4)oc3c2)C[C@H](C)O1.Cl. The standard InChI is InChI=1S/C27H34N2O3.ClH/c1-20-18-29(19-21(2)31-20)14-5-15-30-25-13-9-23-16-26(32-27(23)17-25)12-8-22-6-10-24(11-7-22)28(3)4;/h6-13,16-17,20-21H,5,14-15,18-19H2,1-4H3;1H/t20-,21+;. The summed E-state index contributed by atoms with van der Waals surface area (Å²) in [5.74, 6) is 1.69. The van der Waals surface area contributed by atoms with E-state index >= 15 is 0 Å². The molecule has 1 fully saturated rings. The zero-order chi connectivity index (χ0) is 22.5. The van der Waals surface area contributed by atoms with Gasteiger partial charge in [0.15, 0.2) is 0 Å². The molecule has 1 saturated heterocycles. The van der Waals surface area contributed by atoms with E-state index in [4.69, 9.17) is 13.9 Å². The Labute approximate surface area is 203 Å². The molecule has 5 nitrogen and oxygen atoms in total. The third kappa shape index (κ3) is 7.00. The van der Waals surface area contributed by atoms with Gasteiger partial charge < -0.3 is 18.8 Å². The third-order valence-corrected chi connectivity index (χ3v) is 5.74. The maximum Gasteiger partial charge on any atom is 0.138 e. The van der Waals surface area contributed by atoms with Crippen molar-refractivity contribution < 1.29 is 13.9 Å². The van der Waals surface area contributed by atoms with Crippen molar-refractivity contribution in [1.29, 1.82) is 0 Å². The second-order valence-corrected chi connectivity index (χ2v) is 8.89. The van der Waals surface area contributed by atoms with Crippen molar-refractivity contribution >= 4 is 41.2 Å². The summed E-state index contributed by atoms with van der Waals surface area (Å²) in [6.45, 7) is 8.01. The Hall–Kier alpha value is -2.47. The molecule has 2 aromatic carbocycles. The summed E-state index contributed by atoms with van der Waals surface area (Å²) in [4.78, 5) is 4.56. The highest BCUT2D eigenvalue weighted by Gasteiger charge is 2.21. The number of hydrogen-bond donors (Lipinski definition) is 0. The van der Waals surface area contributed by atoms with E-state index in [1.54, 1.807) is 0 Å². The fraction of sp³-hybridized carbons (Fsp3) is 0.407. The van der Waals surface area contributed by atoms with Crippen LogP contribution in [0.15, 0.2) is 52.9 Å². The normalized spacial score (nSPS) is 19.0. The first-order chi connectivity index (χ1) is 15.5. The van der Waals surface area contributed by atoms with E-state index in [1.165, 1.54) is 5.69 Å². The van der Waals surface area contributed by atoms with Crippen molar-refractivity contribution in [3.63, 3.8) is 0 Å². The minimum Gasteiger partial charge on any atom is -0.493 e. The van der Waals surface area contributed by atoms with Gasteiger partial charge in [-0.2, -0.15) is 0 Å². The molecule has 4 rings (SSSR count). The van der Waals surface area contributed by atoms with Crippen molar-refractivity contribution in [3.8, 4) is 5.75 Å². The summed E-state index contributed by atoms with van der Waals surface area (Å²) in [6.07, 6.45) is 5.69. The largest absolute Gasteiger partial charge is 0.493 e. The fourth-order valence-corrected chi connectivity index (χ4v) is 4.21. The number of furan rings is 1. The lowest BCUT2D eigenvalue weighted by Gasteiger charge is -2.35. The van der Waals surface area contributed by atoms with Crippen LogP contribution in [0.1, 0.15) is 31.6 Å². The molecule has 6 heteroatoms. The number of rotatable bonds is 8. The van der Waals surface area contributed by atoms with Gasteiger partial charge in [0.05, 0.1) is 18.8 Å². The molecule has 0 saturated carbocycles. The van der Waals surface area contributed by atoms with Gasteiger partial charge in [0.1, 0.15) is 17.1 Å². The first-order valence-corrected chi connectivity index (χ1v) is 11.5. The van der Waals surface area contributed by atoms with Gasteiger partial charge >= 0.3 is 0 Å². The molecule has 33 heavy (non-hydrogen) atoms. The summed E-state index contributed by atoms with van der Waals surface area (Å²) in [7, 11) is 4.09. The van der Waals surface area contributed by atoms with Crippen LogP contribution < -0.4 is 9.64 Å². The average Bonchev–Trinajstić information content (AvgIpc) is 3.17. The second kappa shape index (κ2) is 11.6. The van der Waals surface area contributed by atoms with E-state index in [0.29, 0.717) is 18.8 Å². The molecule has 0 amide bonds. The van der Waals surface area contributed by atoms with E-state index in [1.807, 2.05) is 32.3 Å². The van der Waals surface area contributed by atoms with Crippen LogP contribution in [0.3, 0.4) is 0 Å². The third-order valence-electron chi connectivity index (χ3n) is 5.74. The van der Waals surface area contributed by atoms with Gasteiger partial charge in [-0.15, -0.1) is 12.4 Å². The monoisotopic (exact) mass is 470 g/mol. The molecule has 1 aromatic heterocycles. The molecule has 0 radical (unpaired) electrons. The number of morpholine rings is 1. The van der Waals surface area contributed by atoms with Crippen LogP contribution in [0, 0.1) is 0 Å². The Morgan fingerprint density at radius 1 is 1.00 bits per heavy atom. The molecule has 2 atom stereocenters. The summed E-state index contributed by atoms with van der Waals surface area (Å²) in [5.41, 5.74) is 3.18. The number of nitrogens with zero attached hydrogens (tertiary/aromatic N) is 2. The fourth-order valence-electron chi connectivity index (χ4n) is 4.21. The predicted octanol–water partition coefficient (Wildman–Crippen LogP) is 5.97. The van der Waals surface area contributed by atoms with Crippen LogP contribution in [0.5, 0.6) is 5.75 Å². The Bertz CT molecular complexity index is 1040. The Kier molecular flexibility index (Phi) is 8.84. The number of benzene rings is 2. The van der Waals surface area contributed by atoms with Crippen LogP contribution >= 0.6 is 12.4 Å². The van der Waals surface area contributed by atoms with Gasteiger partial charge in [0, 0.05) is 50.9 Å². The first-order valence-electron chi connectivity index (χ1n) is 11.5. The molecule has 0 unspecified atom stereocenters. The lowest BCUT2D eigenvalue weighted by molar-refractivity contribution is -0.0686. The first kappa shape index (κ1) is 25.2. The molecule has 0 spiro atoms. The van der Waals surface area contributed by atoms with Crippen LogP contribution in [0.2, 0.25) is 0 Å². The van der Waals surface area contributed by atoms with Gasteiger partial charge in [-0.25, -0.2) is 0 Å². The van der Waals surface area contributed by atoms with Crippen molar-refractivity contribution in [2.45, 2.75) is 32.5 Å². The van der Waals surface area contributed by atoms with Gasteiger partial charge in [-0.1, -0.05) is 18.2 Å². The highest BCUT2D eigenvalue weighted by molar-refractivity contribution is 5.85. The summed E-state index contributed by atoms with van der Waals surface area (Å²) >= 11 is 0. The topological polar surface area (TPSA) is 38.1 Å². The zero-order valence-corrected chi connectivity index (χ0v) is 20.8. The molecule has 3 aromatic rings. The maximum atomic E-state index is 6.02. The minimum absolute atomic E-state index is 0. The number of hydrogen-bond acceptors (Lipinski definition) is 5. The molecule has 2 heterocycles. The Morgan fingerprint density at radius 2 is 1.73 bits per heavy atom. The average molecular weight is 471 g/mol. The van der Waals surface area contributed by atoms with E-state index in [0.717, 1.165) is 54.1 Å². The summed E-state index contributed by atoms with van der Waals surface area (Å²) < 4.78 is 17.8. The molecule has 1 aliphatic rings. The van der Waals surface area contributed by atoms with Crippen molar-refractivity contribution in [1.82, 2.24) is 4.90 Å². The minimum atomic E-state index is 0.